The highest BCUT2D eigenvalue weighted by atomic mass is 32.2. The number of nitrogens with zero attached hydrogens (tertiary/aromatic N) is 2. The van der Waals surface area contributed by atoms with Gasteiger partial charge in [0.1, 0.15) is 4.21 Å². The highest BCUT2D eigenvalue weighted by molar-refractivity contribution is 7.91. The quantitative estimate of drug-likeness (QED) is 0.479. The molecule has 4 rings (SSSR count). The molecule has 12 heteroatoms. The van der Waals surface area contributed by atoms with Crippen LogP contribution >= 0.6 is 11.3 Å². The number of thiophene rings is 1. The molecule has 0 bridgehead atoms. The minimum atomic E-state index is -3.56. The first-order valence-electron chi connectivity index (χ1n) is 10.1. The molecule has 0 spiro atoms. The summed E-state index contributed by atoms with van der Waals surface area (Å²) in [7, 11) is -2.18. The van der Waals surface area contributed by atoms with Crippen LogP contribution < -0.4 is 5.32 Å². The monoisotopic (exact) mass is 491 g/mol. The zero-order valence-corrected chi connectivity index (χ0v) is 19.3. The van der Waals surface area contributed by atoms with Gasteiger partial charge in [0.15, 0.2) is 6.61 Å². The van der Waals surface area contributed by atoms with Gasteiger partial charge in [-0.3, -0.25) is 24.1 Å². The molecular weight excluding hydrogens is 470 g/mol. The molecule has 10 nitrogen and oxygen atoms in total. The zero-order chi connectivity index (χ0) is 23.8. The second-order valence-corrected chi connectivity index (χ2v) is 10.8. The molecule has 2 aliphatic heterocycles. The van der Waals surface area contributed by atoms with Crippen LogP contribution in [0.1, 0.15) is 33.6 Å². The molecule has 0 unspecified atom stereocenters. The van der Waals surface area contributed by atoms with E-state index in [2.05, 4.69) is 5.32 Å². The Balaban J connectivity index is 1.27. The molecule has 1 fully saturated rings. The van der Waals surface area contributed by atoms with E-state index in [1.54, 1.807) is 17.5 Å². The largest absolute Gasteiger partial charge is 0.455 e. The second kappa shape index (κ2) is 9.04. The van der Waals surface area contributed by atoms with E-state index in [-0.39, 0.29) is 28.4 Å². The number of ether oxygens (including phenoxy) is 1. The Hall–Kier alpha value is -3.09. The number of anilines is 1. The van der Waals surface area contributed by atoms with Gasteiger partial charge in [-0.05, 0) is 42.5 Å². The minimum Gasteiger partial charge on any atom is -0.455 e. The lowest BCUT2D eigenvalue weighted by Crippen LogP contribution is -2.40. The first kappa shape index (κ1) is 23.1. The van der Waals surface area contributed by atoms with Gasteiger partial charge in [0.05, 0.1) is 17.0 Å². The smallest absolute Gasteiger partial charge is 0.309 e. The number of carbonyl (C=O) groups excluding carboxylic acids is 4. The average molecular weight is 492 g/mol. The van der Waals surface area contributed by atoms with Crippen molar-refractivity contribution in [2.75, 3.05) is 32.1 Å². The number of hydrogen-bond acceptors (Lipinski definition) is 8. The van der Waals surface area contributed by atoms with E-state index in [0.717, 1.165) is 16.2 Å². The van der Waals surface area contributed by atoms with Crippen LogP contribution in [0.15, 0.2) is 39.9 Å². The third-order valence-electron chi connectivity index (χ3n) is 5.60. The molecule has 1 aromatic carbocycles. The molecule has 1 aromatic heterocycles. The number of benzene rings is 1. The maximum atomic E-state index is 12.6. The summed E-state index contributed by atoms with van der Waals surface area (Å²) < 4.78 is 31.9. The summed E-state index contributed by atoms with van der Waals surface area (Å²) in [6.45, 7) is -0.124. The van der Waals surface area contributed by atoms with Crippen LogP contribution in [0, 0.1) is 5.92 Å². The average Bonchev–Trinajstić information content (AvgIpc) is 3.43. The van der Waals surface area contributed by atoms with E-state index in [9.17, 15) is 27.6 Å². The van der Waals surface area contributed by atoms with Crippen molar-refractivity contribution < 1.29 is 32.3 Å². The minimum absolute atomic E-state index is 0.196. The van der Waals surface area contributed by atoms with E-state index in [1.807, 2.05) is 0 Å². The van der Waals surface area contributed by atoms with E-state index < -0.39 is 46.2 Å². The predicted molar refractivity (Wildman–Crippen MR) is 118 cm³/mol. The summed E-state index contributed by atoms with van der Waals surface area (Å²) in [5, 5.41) is 4.23. The molecule has 33 heavy (non-hydrogen) atoms. The molecule has 1 saturated heterocycles. The van der Waals surface area contributed by atoms with E-state index in [4.69, 9.17) is 4.74 Å². The molecule has 0 atom stereocenters. The van der Waals surface area contributed by atoms with Gasteiger partial charge in [0.25, 0.3) is 27.7 Å². The first-order valence-corrected chi connectivity index (χ1v) is 12.5. The van der Waals surface area contributed by atoms with Crippen molar-refractivity contribution in [2.24, 2.45) is 5.92 Å². The summed E-state index contributed by atoms with van der Waals surface area (Å²) in [6, 6.07) is 7.57. The highest BCUT2D eigenvalue weighted by Crippen LogP contribution is 2.27. The number of fused-ring (bicyclic) bond motifs is 1. The Kier molecular flexibility index (Phi) is 6.32. The topological polar surface area (TPSA) is 130 Å². The van der Waals surface area contributed by atoms with Crippen molar-refractivity contribution in [3.8, 4) is 0 Å². The molecule has 3 heterocycles. The molecule has 1 N–H and O–H groups in total. The summed E-state index contributed by atoms with van der Waals surface area (Å²) in [4.78, 5) is 49.5. The van der Waals surface area contributed by atoms with Gasteiger partial charge >= 0.3 is 5.97 Å². The van der Waals surface area contributed by atoms with Crippen LogP contribution in [-0.2, 0) is 24.3 Å². The fourth-order valence-corrected chi connectivity index (χ4v) is 6.37. The summed E-state index contributed by atoms with van der Waals surface area (Å²) in [5.74, 6) is -2.51. The number of piperidine rings is 1. The van der Waals surface area contributed by atoms with E-state index in [1.165, 1.54) is 29.6 Å². The third-order valence-corrected chi connectivity index (χ3v) is 8.87. The number of amides is 3. The van der Waals surface area contributed by atoms with Crippen molar-refractivity contribution in [1.82, 2.24) is 9.21 Å². The zero-order valence-electron chi connectivity index (χ0n) is 17.6. The Labute approximate surface area is 194 Å². The number of rotatable bonds is 6. The van der Waals surface area contributed by atoms with Crippen LogP contribution in [0.2, 0.25) is 0 Å². The molecule has 3 amide bonds. The second-order valence-electron chi connectivity index (χ2n) is 7.70. The van der Waals surface area contributed by atoms with Crippen molar-refractivity contribution in [3.05, 3.63) is 46.8 Å². The van der Waals surface area contributed by atoms with Gasteiger partial charge in [-0.2, -0.15) is 4.31 Å². The van der Waals surface area contributed by atoms with Gasteiger partial charge in [-0.25, -0.2) is 8.42 Å². The fraction of sp³-hybridized carbons (Fsp3) is 0.333. The van der Waals surface area contributed by atoms with Gasteiger partial charge in [-0.1, -0.05) is 6.07 Å². The van der Waals surface area contributed by atoms with Crippen LogP contribution in [0.3, 0.4) is 0 Å². The number of nitrogens with one attached hydrogen (secondary N) is 1. The molecule has 2 aliphatic rings. The van der Waals surface area contributed by atoms with Crippen molar-refractivity contribution in [2.45, 2.75) is 17.1 Å². The Morgan fingerprint density at radius 2 is 1.82 bits per heavy atom. The van der Waals surface area contributed by atoms with Crippen molar-refractivity contribution in [1.29, 1.82) is 0 Å². The fourth-order valence-electron chi connectivity index (χ4n) is 3.76. The summed E-state index contributed by atoms with van der Waals surface area (Å²) in [5.41, 5.74) is 0.763. The highest BCUT2D eigenvalue weighted by Gasteiger charge is 2.34. The molecule has 0 saturated carbocycles. The lowest BCUT2D eigenvalue weighted by atomic mass is 9.98. The summed E-state index contributed by atoms with van der Waals surface area (Å²) >= 11 is 1.15. The lowest BCUT2D eigenvalue weighted by molar-refractivity contribution is -0.152. The number of sulfonamides is 1. The van der Waals surface area contributed by atoms with Gasteiger partial charge < -0.3 is 10.1 Å². The lowest BCUT2D eigenvalue weighted by Gasteiger charge is -2.29. The Bertz CT molecular complexity index is 1220. The molecule has 0 radical (unpaired) electrons. The van der Waals surface area contributed by atoms with Crippen molar-refractivity contribution >= 4 is 50.7 Å². The third kappa shape index (κ3) is 4.54. The Morgan fingerprint density at radius 3 is 2.48 bits per heavy atom. The first-order chi connectivity index (χ1) is 15.7. The maximum Gasteiger partial charge on any atom is 0.309 e. The number of esters is 1. The van der Waals surface area contributed by atoms with Gasteiger partial charge in [-0.15, -0.1) is 11.3 Å². The Morgan fingerprint density at radius 1 is 1.12 bits per heavy atom. The van der Waals surface area contributed by atoms with Crippen molar-refractivity contribution in [3.63, 3.8) is 0 Å². The standard InChI is InChI=1S/C21H21N3O7S2/c1-23-19(26)15-5-4-14(11-16(15)20(23)27)22-17(25)12-31-21(28)13-6-8-24(9-7-13)33(29,30)18-3-2-10-32-18/h2-5,10-11,13H,6-9,12H2,1H3,(H,22,25). The normalized spacial score (nSPS) is 17.2. The molecule has 0 aliphatic carbocycles. The maximum absolute atomic E-state index is 12.6. The predicted octanol–water partition coefficient (Wildman–Crippen LogP) is 1.56. The number of hydrogen-bond donors (Lipinski definition) is 1. The van der Waals surface area contributed by atoms with Crippen LogP contribution in [-0.4, -0.2) is 68.1 Å². The number of carbonyl (C=O) groups is 4. The van der Waals surface area contributed by atoms with Crippen LogP contribution in [0.25, 0.3) is 0 Å². The molecular formula is C21H21N3O7S2. The van der Waals surface area contributed by atoms with Crippen LogP contribution in [0.5, 0.6) is 0 Å². The van der Waals surface area contributed by atoms with Gasteiger partial charge in [0.2, 0.25) is 0 Å². The SMILES string of the molecule is CN1C(=O)c2ccc(NC(=O)COC(=O)C3CCN(S(=O)(=O)c4cccs4)CC3)cc2C1=O. The van der Waals surface area contributed by atoms with Crippen LogP contribution in [0.4, 0.5) is 5.69 Å². The van der Waals surface area contributed by atoms with Gasteiger partial charge in [0, 0.05) is 25.8 Å². The van der Waals surface area contributed by atoms with E-state index in [0.29, 0.717) is 18.5 Å². The number of imide groups is 1. The van der Waals surface area contributed by atoms with E-state index >= 15 is 0 Å². The molecule has 2 aromatic rings. The molecule has 174 valence electrons. The summed E-state index contributed by atoms with van der Waals surface area (Å²) in [6.07, 6.45) is 0.610.